The largest absolute Gasteiger partial charge is 0.544 e. The number of anilines is 1. The minimum atomic E-state index is -1.34. The fourth-order valence-electron chi connectivity index (χ4n) is 2.26. The molecule has 0 aliphatic rings. The molecule has 2 aromatic carbocycles. The number of benzene rings is 2. The molecule has 2 aromatic rings. The van der Waals surface area contributed by atoms with Crippen molar-refractivity contribution in [3.05, 3.63) is 70.3 Å². The van der Waals surface area contributed by atoms with Crippen LogP contribution in [0.5, 0.6) is 0 Å². The van der Waals surface area contributed by atoms with E-state index in [4.69, 9.17) is 0 Å². The van der Waals surface area contributed by atoms with Crippen molar-refractivity contribution in [2.45, 2.75) is 19.0 Å². The molecule has 0 aromatic heterocycles. The number of carboxylic acid groups (broad SMARTS) is 1. The second kappa shape index (κ2) is 8.55. The number of hydrogen-bond donors (Lipinski definition) is 2. The van der Waals surface area contributed by atoms with Crippen molar-refractivity contribution >= 4 is 23.3 Å². The average molecular weight is 343 g/mol. The van der Waals surface area contributed by atoms with Crippen LogP contribution < -0.4 is 15.7 Å². The average Bonchev–Trinajstić information content (AvgIpc) is 2.59. The number of quaternary nitrogens is 1. The number of carbonyl (C=O) groups excluding carboxylic acids is 2. The van der Waals surface area contributed by atoms with E-state index in [2.05, 4.69) is 5.32 Å². The number of nitrogens with zero attached hydrogens (tertiary/aromatic N) is 1. The van der Waals surface area contributed by atoms with Crippen LogP contribution in [-0.2, 0) is 16.1 Å². The monoisotopic (exact) mass is 343 g/mol. The predicted octanol–water partition coefficient (Wildman–Crippen LogP) is -0.194. The Morgan fingerprint density at radius 1 is 1.12 bits per heavy atom. The van der Waals surface area contributed by atoms with Crippen molar-refractivity contribution < 1.29 is 24.9 Å². The Bertz CT molecular complexity index is 764. The zero-order chi connectivity index (χ0) is 18.2. The number of nitrogens with one attached hydrogen (secondary N) is 1. The van der Waals surface area contributed by atoms with E-state index >= 15 is 0 Å². The van der Waals surface area contributed by atoms with Gasteiger partial charge in [0.1, 0.15) is 12.6 Å². The normalized spacial score (nSPS) is 11.5. The molecule has 0 saturated heterocycles. The first kappa shape index (κ1) is 18.1. The maximum Gasteiger partial charge on any atom is 0.271 e. The predicted molar refractivity (Wildman–Crippen MR) is 87.2 cm³/mol. The lowest BCUT2D eigenvalue weighted by Crippen LogP contribution is -2.92. The Balaban J connectivity index is 1.94. The van der Waals surface area contributed by atoms with Crippen LogP contribution in [0.25, 0.3) is 0 Å². The van der Waals surface area contributed by atoms with E-state index in [9.17, 15) is 24.8 Å². The molecule has 0 spiro atoms. The standard InChI is InChI=1S/C17H17N3O5/c21-16(19-13-7-4-8-14(9-13)20(24)25)10-15(17(22)23)18-11-12-5-2-1-3-6-12/h1-9,15,18H,10-11H2,(H,19,21)(H,22,23)/t15-/m1/s1. The molecule has 0 bridgehead atoms. The second-order valence-electron chi connectivity index (χ2n) is 5.41. The molecule has 0 fully saturated rings. The number of amides is 1. The molecule has 25 heavy (non-hydrogen) atoms. The SMILES string of the molecule is O=C(C[C@@H]([NH2+]Cc1ccccc1)C(=O)[O-])Nc1cccc([N+](=O)[O-])c1. The van der Waals surface area contributed by atoms with E-state index in [-0.39, 0.29) is 17.8 Å². The van der Waals surface area contributed by atoms with Crippen LogP contribution in [-0.4, -0.2) is 22.8 Å². The lowest BCUT2D eigenvalue weighted by atomic mass is 10.1. The number of nitrogens with two attached hydrogens (primary N) is 1. The number of aliphatic carboxylic acids is 1. The molecule has 0 unspecified atom stereocenters. The number of hydrogen-bond acceptors (Lipinski definition) is 5. The Morgan fingerprint density at radius 2 is 1.84 bits per heavy atom. The highest BCUT2D eigenvalue weighted by molar-refractivity contribution is 5.93. The first-order chi connectivity index (χ1) is 12.0. The summed E-state index contributed by atoms with van der Waals surface area (Å²) in [5.74, 6) is -1.90. The van der Waals surface area contributed by atoms with Crippen molar-refractivity contribution in [2.24, 2.45) is 0 Å². The number of nitro groups is 1. The molecule has 1 amide bonds. The fraction of sp³-hybridized carbons (Fsp3) is 0.176. The summed E-state index contributed by atoms with van der Waals surface area (Å²) in [6.45, 7) is 0.392. The van der Waals surface area contributed by atoms with E-state index in [0.29, 0.717) is 6.54 Å². The van der Waals surface area contributed by atoms with Crippen LogP contribution in [0, 0.1) is 10.1 Å². The summed E-state index contributed by atoms with van der Waals surface area (Å²) in [6.07, 6.45) is -0.308. The smallest absolute Gasteiger partial charge is 0.271 e. The fourth-order valence-corrected chi connectivity index (χ4v) is 2.26. The van der Waals surface area contributed by atoms with Crippen molar-refractivity contribution in [3.63, 3.8) is 0 Å². The van der Waals surface area contributed by atoms with Crippen LogP contribution in [0.2, 0.25) is 0 Å². The molecule has 3 N–H and O–H groups in total. The Labute approximate surface area is 143 Å². The van der Waals surface area contributed by atoms with Crippen molar-refractivity contribution in [2.75, 3.05) is 5.32 Å². The summed E-state index contributed by atoms with van der Waals surface area (Å²) in [4.78, 5) is 33.4. The minimum Gasteiger partial charge on any atom is -0.544 e. The summed E-state index contributed by atoms with van der Waals surface area (Å²) in [5.41, 5.74) is 0.997. The van der Waals surface area contributed by atoms with Gasteiger partial charge in [-0.2, -0.15) is 0 Å². The molecule has 8 heteroatoms. The Hall–Kier alpha value is -3.26. The highest BCUT2D eigenvalue weighted by Gasteiger charge is 2.19. The first-order valence-electron chi connectivity index (χ1n) is 7.58. The third kappa shape index (κ3) is 5.70. The van der Waals surface area contributed by atoms with Crippen molar-refractivity contribution in [1.82, 2.24) is 0 Å². The zero-order valence-corrected chi connectivity index (χ0v) is 13.3. The van der Waals surface area contributed by atoms with Crippen molar-refractivity contribution in [1.29, 1.82) is 0 Å². The van der Waals surface area contributed by atoms with Gasteiger partial charge in [-0.05, 0) is 6.07 Å². The van der Waals surface area contributed by atoms with Gasteiger partial charge in [0.25, 0.3) is 5.69 Å². The number of nitro benzene ring substituents is 1. The third-order valence-electron chi connectivity index (χ3n) is 3.53. The summed E-state index contributed by atoms with van der Waals surface area (Å²) in [7, 11) is 0. The van der Waals surface area contributed by atoms with Crippen molar-refractivity contribution in [3.8, 4) is 0 Å². The maximum atomic E-state index is 12.0. The van der Waals surface area contributed by atoms with Gasteiger partial charge in [0.05, 0.1) is 17.3 Å². The highest BCUT2D eigenvalue weighted by Crippen LogP contribution is 2.17. The van der Waals surface area contributed by atoms with E-state index in [1.54, 1.807) is 0 Å². The van der Waals surface area contributed by atoms with E-state index in [1.165, 1.54) is 29.6 Å². The quantitative estimate of drug-likeness (QED) is 0.507. The van der Waals surface area contributed by atoms with E-state index < -0.39 is 22.8 Å². The molecule has 8 nitrogen and oxygen atoms in total. The van der Waals surface area contributed by atoms with Crippen LogP contribution in [0.3, 0.4) is 0 Å². The summed E-state index contributed by atoms with van der Waals surface area (Å²) in [5, 5.41) is 25.9. The van der Waals surface area contributed by atoms with Crippen LogP contribution in [0.1, 0.15) is 12.0 Å². The Kier molecular flexibility index (Phi) is 6.19. The van der Waals surface area contributed by atoms with Gasteiger partial charge in [0.2, 0.25) is 5.91 Å². The molecule has 0 heterocycles. The van der Waals surface area contributed by atoms with Gasteiger partial charge >= 0.3 is 0 Å². The molecular formula is C17H17N3O5. The lowest BCUT2D eigenvalue weighted by Gasteiger charge is -2.16. The molecule has 0 saturated carbocycles. The summed E-state index contributed by atoms with van der Waals surface area (Å²) in [6, 6.07) is 13.6. The number of rotatable bonds is 8. The van der Waals surface area contributed by atoms with Gasteiger partial charge in [-0.15, -0.1) is 0 Å². The molecule has 130 valence electrons. The molecule has 0 radical (unpaired) electrons. The highest BCUT2D eigenvalue weighted by atomic mass is 16.6. The maximum absolute atomic E-state index is 12.0. The van der Waals surface area contributed by atoms with E-state index in [1.807, 2.05) is 30.3 Å². The zero-order valence-electron chi connectivity index (χ0n) is 13.3. The lowest BCUT2D eigenvalue weighted by molar-refractivity contribution is -0.697. The van der Waals surface area contributed by atoms with Crippen LogP contribution in [0.4, 0.5) is 11.4 Å². The molecule has 1 atom stereocenters. The first-order valence-corrected chi connectivity index (χ1v) is 7.58. The van der Waals surface area contributed by atoms with Gasteiger partial charge < -0.3 is 20.5 Å². The Morgan fingerprint density at radius 3 is 2.48 bits per heavy atom. The van der Waals surface area contributed by atoms with E-state index in [0.717, 1.165) is 5.56 Å². The molecule has 0 aliphatic heterocycles. The van der Waals surface area contributed by atoms with Gasteiger partial charge in [-0.1, -0.05) is 36.4 Å². The minimum absolute atomic E-state index is 0.162. The van der Waals surface area contributed by atoms with Crippen LogP contribution in [0.15, 0.2) is 54.6 Å². The summed E-state index contributed by atoms with van der Waals surface area (Å²) >= 11 is 0. The third-order valence-corrected chi connectivity index (χ3v) is 3.53. The molecule has 0 aliphatic carbocycles. The number of carboxylic acids is 1. The second-order valence-corrected chi connectivity index (χ2v) is 5.41. The van der Waals surface area contributed by atoms with Gasteiger partial charge in [-0.3, -0.25) is 14.9 Å². The molecular weight excluding hydrogens is 326 g/mol. The number of non-ortho nitro benzene ring substituents is 1. The summed E-state index contributed by atoms with van der Waals surface area (Å²) < 4.78 is 0. The number of carbonyl (C=O) groups is 2. The van der Waals surface area contributed by atoms with Gasteiger partial charge in [-0.25, -0.2) is 0 Å². The van der Waals surface area contributed by atoms with Crippen LogP contribution >= 0.6 is 0 Å². The van der Waals surface area contributed by atoms with Gasteiger partial charge in [0.15, 0.2) is 0 Å². The van der Waals surface area contributed by atoms with Gasteiger partial charge in [0, 0.05) is 23.4 Å². The topological polar surface area (TPSA) is 129 Å². The molecule has 2 rings (SSSR count).